The topological polar surface area (TPSA) is 65.0 Å². The van der Waals surface area contributed by atoms with E-state index >= 15 is 0 Å². The Kier molecular flexibility index (Phi) is 8.49. The summed E-state index contributed by atoms with van der Waals surface area (Å²) in [6, 6.07) is 25.6. The first-order chi connectivity index (χ1) is 15.1. The van der Waals surface area contributed by atoms with E-state index in [0.717, 1.165) is 34.6 Å². The molecule has 0 heterocycles. The number of carboxylic acid groups (broad SMARTS) is 1. The molecule has 162 valence electrons. The van der Waals surface area contributed by atoms with Gasteiger partial charge in [0.05, 0.1) is 6.61 Å². The summed E-state index contributed by atoms with van der Waals surface area (Å²) in [5, 5.41) is 9.20. The monoisotopic (exact) mass is 420 g/mol. The molecule has 0 aliphatic rings. The van der Waals surface area contributed by atoms with Gasteiger partial charge in [-0.15, -0.1) is 0 Å². The molecule has 0 saturated heterocycles. The molecule has 1 N–H and O–H groups in total. The van der Waals surface area contributed by atoms with E-state index < -0.39 is 12.1 Å². The van der Waals surface area contributed by atoms with Crippen molar-refractivity contribution in [3.8, 4) is 11.5 Å². The van der Waals surface area contributed by atoms with Gasteiger partial charge < -0.3 is 19.3 Å². The van der Waals surface area contributed by atoms with Crippen LogP contribution in [0, 0.1) is 0 Å². The fourth-order valence-electron chi connectivity index (χ4n) is 3.17. The second-order valence-corrected chi connectivity index (χ2v) is 7.15. The van der Waals surface area contributed by atoms with Gasteiger partial charge in [-0.3, -0.25) is 0 Å². The molecule has 3 aromatic rings. The van der Waals surface area contributed by atoms with Crippen LogP contribution in [0.5, 0.6) is 11.5 Å². The van der Waals surface area contributed by atoms with E-state index in [1.807, 2.05) is 72.8 Å². The second kappa shape index (κ2) is 11.8. The van der Waals surface area contributed by atoms with Crippen molar-refractivity contribution in [1.82, 2.24) is 0 Å². The fraction of sp³-hybridized carbons (Fsp3) is 0.269. The largest absolute Gasteiger partial charge is 0.493 e. The minimum absolute atomic E-state index is 0.333. The first kappa shape index (κ1) is 22.4. The maximum absolute atomic E-state index is 11.2. The van der Waals surface area contributed by atoms with Crippen molar-refractivity contribution in [2.24, 2.45) is 0 Å². The van der Waals surface area contributed by atoms with Crippen LogP contribution in [0.2, 0.25) is 0 Å². The number of hydrogen-bond acceptors (Lipinski definition) is 4. The summed E-state index contributed by atoms with van der Waals surface area (Å²) in [6.07, 6.45) is 0.266. The minimum Gasteiger partial charge on any atom is -0.493 e. The van der Waals surface area contributed by atoms with Crippen LogP contribution in [0.25, 0.3) is 0 Å². The molecule has 0 spiro atoms. The van der Waals surface area contributed by atoms with Gasteiger partial charge in [-0.2, -0.15) is 0 Å². The highest BCUT2D eigenvalue weighted by Crippen LogP contribution is 2.18. The van der Waals surface area contributed by atoms with Crippen LogP contribution in [-0.2, 0) is 29.0 Å². The Labute approximate surface area is 183 Å². The zero-order valence-electron chi connectivity index (χ0n) is 17.7. The van der Waals surface area contributed by atoms with E-state index in [0.29, 0.717) is 26.2 Å². The van der Waals surface area contributed by atoms with Crippen LogP contribution >= 0.6 is 0 Å². The summed E-state index contributed by atoms with van der Waals surface area (Å²) < 4.78 is 17.0. The predicted octanol–water partition coefficient (Wildman–Crippen LogP) is 4.92. The predicted molar refractivity (Wildman–Crippen MR) is 120 cm³/mol. The van der Waals surface area contributed by atoms with E-state index in [-0.39, 0.29) is 0 Å². The van der Waals surface area contributed by atoms with Crippen LogP contribution in [-0.4, -0.2) is 30.4 Å². The standard InChI is InChI=1S/C26H28O5/c1-2-29-25(26(27)28)18-21-11-13-23(14-12-21)30-16-15-20-9-6-10-24(17-20)31-19-22-7-4-3-5-8-22/h3-14,17,25H,2,15-16,18-19H2,1H3,(H,27,28)/t25-/m0/s1. The third kappa shape index (κ3) is 7.46. The highest BCUT2D eigenvalue weighted by atomic mass is 16.5. The summed E-state index contributed by atoms with van der Waals surface area (Å²) >= 11 is 0. The van der Waals surface area contributed by atoms with E-state index in [1.165, 1.54) is 0 Å². The van der Waals surface area contributed by atoms with Crippen LogP contribution in [0.1, 0.15) is 23.6 Å². The number of carbonyl (C=O) groups is 1. The highest BCUT2D eigenvalue weighted by Gasteiger charge is 2.17. The lowest BCUT2D eigenvalue weighted by Gasteiger charge is -2.13. The Hall–Kier alpha value is -3.31. The quantitative estimate of drug-likeness (QED) is 0.451. The summed E-state index contributed by atoms with van der Waals surface area (Å²) in [4.78, 5) is 11.2. The Morgan fingerprint density at radius 1 is 0.839 bits per heavy atom. The maximum Gasteiger partial charge on any atom is 0.333 e. The van der Waals surface area contributed by atoms with Crippen LogP contribution in [0.15, 0.2) is 78.9 Å². The van der Waals surface area contributed by atoms with Gasteiger partial charge in [0.2, 0.25) is 0 Å². The molecule has 0 bridgehead atoms. The van der Waals surface area contributed by atoms with E-state index in [2.05, 4.69) is 6.07 Å². The molecule has 5 nitrogen and oxygen atoms in total. The average Bonchev–Trinajstić information content (AvgIpc) is 2.79. The van der Waals surface area contributed by atoms with Crippen molar-refractivity contribution in [3.05, 3.63) is 95.6 Å². The first-order valence-electron chi connectivity index (χ1n) is 10.5. The molecule has 0 saturated carbocycles. The summed E-state index contributed by atoms with van der Waals surface area (Å²) in [5.41, 5.74) is 3.18. The lowest BCUT2D eigenvalue weighted by molar-refractivity contribution is -0.149. The van der Waals surface area contributed by atoms with Gasteiger partial charge in [0.15, 0.2) is 6.10 Å². The highest BCUT2D eigenvalue weighted by molar-refractivity contribution is 5.72. The van der Waals surface area contributed by atoms with Gasteiger partial charge in [0, 0.05) is 19.4 Å². The number of ether oxygens (including phenoxy) is 3. The molecule has 1 atom stereocenters. The SMILES string of the molecule is CCO[C@@H](Cc1ccc(OCCc2cccc(OCc3ccccc3)c2)cc1)C(=O)O. The fourth-order valence-corrected chi connectivity index (χ4v) is 3.17. The number of rotatable bonds is 12. The summed E-state index contributed by atoms with van der Waals surface area (Å²) in [7, 11) is 0. The van der Waals surface area contributed by atoms with E-state index in [4.69, 9.17) is 14.2 Å². The van der Waals surface area contributed by atoms with Crippen molar-refractivity contribution in [2.45, 2.75) is 32.5 Å². The molecule has 0 fully saturated rings. The molecular formula is C26H28O5. The smallest absolute Gasteiger partial charge is 0.333 e. The minimum atomic E-state index is -0.947. The number of aliphatic carboxylic acids is 1. The van der Waals surface area contributed by atoms with Crippen molar-refractivity contribution >= 4 is 5.97 Å². The zero-order chi connectivity index (χ0) is 21.9. The summed E-state index contributed by atoms with van der Waals surface area (Å²) in [5.74, 6) is 0.647. The van der Waals surface area contributed by atoms with Gasteiger partial charge in [-0.25, -0.2) is 4.79 Å². The van der Waals surface area contributed by atoms with Gasteiger partial charge in [-0.05, 0) is 47.9 Å². The van der Waals surface area contributed by atoms with Crippen LogP contribution < -0.4 is 9.47 Å². The zero-order valence-corrected chi connectivity index (χ0v) is 17.7. The molecular weight excluding hydrogens is 392 g/mol. The molecule has 0 radical (unpaired) electrons. The van der Waals surface area contributed by atoms with Crippen molar-refractivity contribution in [2.75, 3.05) is 13.2 Å². The third-order valence-electron chi connectivity index (χ3n) is 4.79. The molecule has 31 heavy (non-hydrogen) atoms. The Balaban J connectivity index is 1.46. The molecule has 0 aliphatic carbocycles. The molecule has 0 amide bonds. The van der Waals surface area contributed by atoms with Gasteiger partial charge >= 0.3 is 5.97 Å². The Morgan fingerprint density at radius 2 is 1.58 bits per heavy atom. The summed E-state index contributed by atoms with van der Waals surface area (Å²) in [6.45, 7) is 3.24. The van der Waals surface area contributed by atoms with Crippen LogP contribution in [0.4, 0.5) is 0 Å². The Bertz CT molecular complexity index is 938. The number of benzene rings is 3. The maximum atomic E-state index is 11.2. The molecule has 0 unspecified atom stereocenters. The van der Waals surface area contributed by atoms with Gasteiger partial charge in [-0.1, -0.05) is 54.6 Å². The first-order valence-corrected chi connectivity index (χ1v) is 10.5. The average molecular weight is 421 g/mol. The van der Waals surface area contributed by atoms with Gasteiger partial charge in [0.25, 0.3) is 0 Å². The van der Waals surface area contributed by atoms with Crippen molar-refractivity contribution in [1.29, 1.82) is 0 Å². The van der Waals surface area contributed by atoms with Crippen molar-refractivity contribution < 1.29 is 24.1 Å². The number of carboxylic acids is 1. The molecule has 5 heteroatoms. The molecule has 3 rings (SSSR count). The van der Waals surface area contributed by atoms with E-state index in [9.17, 15) is 9.90 Å². The second-order valence-electron chi connectivity index (χ2n) is 7.15. The molecule has 0 aromatic heterocycles. The lowest BCUT2D eigenvalue weighted by Crippen LogP contribution is -2.26. The molecule has 3 aromatic carbocycles. The lowest BCUT2D eigenvalue weighted by atomic mass is 10.1. The third-order valence-corrected chi connectivity index (χ3v) is 4.79. The number of hydrogen-bond donors (Lipinski definition) is 1. The van der Waals surface area contributed by atoms with E-state index in [1.54, 1.807) is 6.92 Å². The molecule has 0 aliphatic heterocycles. The van der Waals surface area contributed by atoms with Gasteiger partial charge in [0.1, 0.15) is 18.1 Å². The van der Waals surface area contributed by atoms with Crippen molar-refractivity contribution in [3.63, 3.8) is 0 Å². The Morgan fingerprint density at radius 3 is 2.29 bits per heavy atom. The van der Waals surface area contributed by atoms with Crippen LogP contribution in [0.3, 0.4) is 0 Å². The normalized spacial score (nSPS) is 11.6.